The van der Waals surface area contributed by atoms with Crippen LogP contribution in [0.15, 0.2) is 18.2 Å². The number of amides is 1. The van der Waals surface area contributed by atoms with Gasteiger partial charge in [0.25, 0.3) is 0 Å². The summed E-state index contributed by atoms with van der Waals surface area (Å²) < 4.78 is 10.7. The second kappa shape index (κ2) is 6.47. The molecule has 0 aliphatic heterocycles. The van der Waals surface area contributed by atoms with Gasteiger partial charge in [-0.1, -0.05) is 6.07 Å². The molecule has 0 aromatic heterocycles. The largest absolute Gasteiger partial charge is 0.493 e. The zero-order valence-electron chi connectivity index (χ0n) is 12.1. The smallest absolute Gasteiger partial charge is 0.307 e. The Bertz CT molecular complexity index is 543. The molecular weight excluding hydrogens is 274 g/mol. The van der Waals surface area contributed by atoms with Crippen LogP contribution in [-0.2, 0) is 16.1 Å². The fraction of sp³-hybridized carbons (Fsp3) is 0.467. The highest BCUT2D eigenvalue weighted by molar-refractivity contribution is 5.89. The summed E-state index contributed by atoms with van der Waals surface area (Å²) in [5.74, 6) is -0.775. The van der Waals surface area contributed by atoms with E-state index in [1.807, 2.05) is 19.1 Å². The van der Waals surface area contributed by atoms with Crippen molar-refractivity contribution in [3.63, 3.8) is 0 Å². The number of ether oxygens (including phenoxy) is 2. The van der Waals surface area contributed by atoms with Crippen molar-refractivity contribution in [1.29, 1.82) is 0 Å². The van der Waals surface area contributed by atoms with Crippen molar-refractivity contribution in [3.8, 4) is 11.5 Å². The number of nitrogens with one attached hydrogen (secondary N) is 1. The first-order valence-corrected chi connectivity index (χ1v) is 6.87. The second-order valence-corrected chi connectivity index (χ2v) is 4.92. The molecule has 2 unspecified atom stereocenters. The Balaban J connectivity index is 1.93. The van der Waals surface area contributed by atoms with Crippen LogP contribution in [0.25, 0.3) is 0 Å². The molecule has 2 rings (SSSR count). The number of carboxylic acid groups (broad SMARTS) is 1. The van der Waals surface area contributed by atoms with Crippen molar-refractivity contribution in [3.05, 3.63) is 23.8 Å². The van der Waals surface area contributed by atoms with E-state index in [9.17, 15) is 9.59 Å². The van der Waals surface area contributed by atoms with Crippen LogP contribution in [0.2, 0.25) is 0 Å². The van der Waals surface area contributed by atoms with Gasteiger partial charge in [0.2, 0.25) is 5.91 Å². The third-order valence-corrected chi connectivity index (χ3v) is 3.44. The first-order valence-electron chi connectivity index (χ1n) is 6.87. The molecule has 1 aliphatic rings. The summed E-state index contributed by atoms with van der Waals surface area (Å²) in [6, 6.07) is 5.43. The topological polar surface area (TPSA) is 84.9 Å². The van der Waals surface area contributed by atoms with E-state index in [0.717, 1.165) is 5.56 Å². The van der Waals surface area contributed by atoms with Gasteiger partial charge in [0.1, 0.15) is 0 Å². The number of aliphatic carboxylic acids is 1. The molecule has 6 heteroatoms. The highest BCUT2D eigenvalue weighted by atomic mass is 16.5. The SMILES string of the molecule is CCOc1cc(CNC(=O)C2CC2C(=O)O)ccc1OC. The van der Waals surface area contributed by atoms with Gasteiger partial charge in [0.05, 0.1) is 25.6 Å². The van der Waals surface area contributed by atoms with Gasteiger partial charge >= 0.3 is 5.97 Å². The Morgan fingerprint density at radius 1 is 1.33 bits per heavy atom. The number of benzene rings is 1. The average molecular weight is 293 g/mol. The molecule has 0 spiro atoms. The molecule has 1 aromatic rings. The van der Waals surface area contributed by atoms with Crippen LogP contribution in [0.3, 0.4) is 0 Å². The van der Waals surface area contributed by atoms with E-state index in [2.05, 4.69) is 5.32 Å². The minimum absolute atomic E-state index is 0.212. The van der Waals surface area contributed by atoms with Crippen LogP contribution in [0.4, 0.5) is 0 Å². The quantitative estimate of drug-likeness (QED) is 0.794. The third kappa shape index (κ3) is 3.65. The summed E-state index contributed by atoms with van der Waals surface area (Å²) >= 11 is 0. The van der Waals surface area contributed by atoms with E-state index in [1.54, 1.807) is 13.2 Å². The lowest BCUT2D eigenvalue weighted by Crippen LogP contribution is -2.25. The number of carbonyl (C=O) groups is 2. The van der Waals surface area contributed by atoms with Gasteiger partial charge in [-0.15, -0.1) is 0 Å². The first-order chi connectivity index (χ1) is 10.1. The van der Waals surface area contributed by atoms with Gasteiger partial charge in [-0.05, 0) is 31.0 Å². The van der Waals surface area contributed by atoms with Crippen LogP contribution in [0, 0.1) is 11.8 Å². The van der Waals surface area contributed by atoms with E-state index < -0.39 is 17.8 Å². The van der Waals surface area contributed by atoms with Crippen LogP contribution in [-0.4, -0.2) is 30.7 Å². The molecule has 1 aliphatic carbocycles. The lowest BCUT2D eigenvalue weighted by atomic mass is 10.2. The summed E-state index contributed by atoms with van der Waals surface area (Å²) in [6.45, 7) is 2.74. The molecule has 1 aromatic carbocycles. The lowest BCUT2D eigenvalue weighted by molar-refractivity contribution is -0.140. The molecule has 1 fully saturated rings. The highest BCUT2D eigenvalue weighted by Gasteiger charge is 2.48. The van der Waals surface area contributed by atoms with Crippen molar-refractivity contribution in [1.82, 2.24) is 5.32 Å². The van der Waals surface area contributed by atoms with Crippen molar-refractivity contribution >= 4 is 11.9 Å². The van der Waals surface area contributed by atoms with Gasteiger partial charge < -0.3 is 19.9 Å². The first kappa shape index (κ1) is 15.2. The maximum atomic E-state index is 11.8. The monoisotopic (exact) mass is 293 g/mol. The van der Waals surface area contributed by atoms with Crippen LogP contribution >= 0.6 is 0 Å². The van der Waals surface area contributed by atoms with E-state index in [1.165, 1.54) is 0 Å². The summed E-state index contributed by atoms with van der Waals surface area (Å²) in [5.41, 5.74) is 0.875. The molecular formula is C15H19NO5. The number of hydrogen-bond acceptors (Lipinski definition) is 4. The number of rotatable bonds is 7. The summed E-state index contributed by atoms with van der Waals surface area (Å²) in [7, 11) is 1.57. The van der Waals surface area contributed by atoms with Gasteiger partial charge in [0, 0.05) is 6.54 Å². The highest BCUT2D eigenvalue weighted by Crippen LogP contribution is 2.38. The Kier molecular flexibility index (Phi) is 4.67. The zero-order chi connectivity index (χ0) is 15.4. The van der Waals surface area contributed by atoms with Crippen molar-refractivity contribution in [2.24, 2.45) is 11.8 Å². The normalized spacial score (nSPS) is 19.7. The fourth-order valence-corrected chi connectivity index (χ4v) is 2.18. The molecule has 0 saturated heterocycles. The maximum absolute atomic E-state index is 11.8. The molecule has 6 nitrogen and oxygen atoms in total. The lowest BCUT2D eigenvalue weighted by Gasteiger charge is -2.11. The molecule has 21 heavy (non-hydrogen) atoms. The van der Waals surface area contributed by atoms with Crippen LogP contribution in [0.1, 0.15) is 18.9 Å². The number of carbonyl (C=O) groups excluding carboxylic acids is 1. The van der Waals surface area contributed by atoms with E-state index in [4.69, 9.17) is 14.6 Å². The second-order valence-electron chi connectivity index (χ2n) is 4.92. The van der Waals surface area contributed by atoms with Gasteiger partial charge in [-0.3, -0.25) is 9.59 Å². The molecule has 0 bridgehead atoms. The Morgan fingerprint density at radius 3 is 2.67 bits per heavy atom. The standard InChI is InChI=1S/C15H19NO5/c1-3-21-13-6-9(4-5-12(13)20-2)8-16-14(17)10-7-11(10)15(18)19/h4-6,10-11H,3,7-8H2,1-2H3,(H,16,17)(H,18,19). The van der Waals surface area contributed by atoms with Gasteiger partial charge in [-0.2, -0.15) is 0 Å². The Labute approximate surface area is 123 Å². The van der Waals surface area contributed by atoms with E-state index in [0.29, 0.717) is 31.1 Å². The van der Waals surface area contributed by atoms with Gasteiger partial charge in [0.15, 0.2) is 11.5 Å². The van der Waals surface area contributed by atoms with Gasteiger partial charge in [-0.25, -0.2) is 0 Å². The molecule has 114 valence electrons. The van der Waals surface area contributed by atoms with Crippen molar-refractivity contribution < 1.29 is 24.2 Å². The molecule has 2 atom stereocenters. The summed E-state index contributed by atoms with van der Waals surface area (Å²) in [5, 5.41) is 11.6. The molecule has 1 amide bonds. The number of carboxylic acids is 1. The van der Waals surface area contributed by atoms with E-state index in [-0.39, 0.29) is 5.91 Å². The molecule has 2 N–H and O–H groups in total. The van der Waals surface area contributed by atoms with Crippen molar-refractivity contribution in [2.75, 3.05) is 13.7 Å². The predicted octanol–water partition coefficient (Wildman–Crippen LogP) is 1.43. The minimum Gasteiger partial charge on any atom is -0.493 e. The molecule has 0 heterocycles. The molecule has 0 radical (unpaired) electrons. The van der Waals surface area contributed by atoms with E-state index >= 15 is 0 Å². The van der Waals surface area contributed by atoms with Crippen molar-refractivity contribution in [2.45, 2.75) is 19.9 Å². The fourth-order valence-electron chi connectivity index (χ4n) is 2.18. The summed E-state index contributed by atoms with van der Waals surface area (Å²) in [4.78, 5) is 22.5. The Hall–Kier alpha value is -2.24. The average Bonchev–Trinajstić information content (AvgIpc) is 3.26. The minimum atomic E-state index is -0.904. The molecule has 1 saturated carbocycles. The number of methoxy groups -OCH3 is 1. The van der Waals surface area contributed by atoms with Crippen LogP contribution in [0.5, 0.6) is 11.5 Å². The summed E-state index contributed by atoms with van der Waals surface area (Å²) in [6.07, 6.45) is 0.425. The zero-order valence-corrected chi connectivity index (χ0v) is 12.1. The maximum Gasteiger partial charge on any atom is 0.307 e. The Morgan fingerprint density at radius 2 is 2.10 bits per heavy atom. The predicted molar refractivity (Wildman–Crippen MR) is 75.2 cm³/mol. The number of hydrogen-bond donors (Lipinski definition) is 2. The third-order valence-electron chi connectivity index (χ3n) is 3.44. The van der Waals surface area contributed by atoms with Crippen LogP contribution < -0.4 is 14.8 Å².